The lowest BCUT2D eigenvalue weighted by atomic mass is 10.1. The Hall–Kier alpha value is -1.97. The van der Waals surface area contributed by atoms with Crippen molar-refractivity contribution in [2.24, 2.45) is 0 Å². The maximum absolute atomic E-state index is 11.9. The van der Waals surface area contributed by atoms with Crippen molar-refractivity contribution < 1.29 is 9.53 Å². The Labute approximate surface area is 99.7 Å². The Bertz CT molecular complexity index is 520. The topological polar surface area (TPSA) is 50.4 Å². The molecule has 2 N–H and O–H groups in total. The lowest BCUT2D eigenvalue weighted by molar-refractivity contribution is -0.117. The second-order valence-corrected chi connectivity index (χ2v) is 4.24. The number of nitrogens with one attached hydrogen (secondary N) is 2. The number of rotatable bonds is 1. The lowest BCUT2D eigenvalue weighted by Crippen LogP contribution is -2.27. The SMILES string of the molecule is COc1ccc2c(c1)C1=C(C2)C(=O)NCCN1. The van der Waals surface area contributed by atoms with E-state index in [-0.39, 0.29) is 5.91 Å². The summed E-state index contributed by atoms with van der Waals surface area (Å²) in [5.41, 5.74) is 4.08. The number of hydrogen-bond donors (Lipinski definition) is 2. The van der Waals surface area contributed by atoms with Gasteiger partial charge in [0.15, 0.2) is 0 Å². The molecule has 0 unspecified atom stereocenters. The third-order valence-electron chi connectivity index (χ3n) is 3.24. The van der Waals surface area contributed by atoms with Gasteiger partial charge in [0.05, 0.1) is 12.8 Å². The van der Waals surface area contributed by atoms with Gasteiger partial charge in [0.25, 0.3) is 0 Å². The number of fused-ring (bicyclic) bond motifs is 2. The zero-order valence-electron chi connectivity index (χ0n) is 9.67. The Kier molecular flexibility index (Phi) is 2.28. The number of benzene rings is 1. The molecule has 0 fully saturated rings. The van der Waals surface area contributed by atoms with E-state index >= 15 is 0 Å². The van der Waals surface area contributed by atoms with Crippen molar-refractivity contribution in [2.45, 2.75) is 6.42 Å². The van der Waals surface area contributed by atoms with E-state index in [2.05, 4.69) is 10.6 Å². The van der Waals surface area contributed by atoms with Gasteiger partial charge in [-0.3, -0.25) is 4.79 Å². The van der Waals surface area contributed by atoms with Crippen LogP contribution in [-0.4, -0.2) is 26.1 Å². The molecule has 0 atom stereocenters. The first-order valence-corrected chi connectivity index (χ1v) is 5.72. The average molecular weight is 230 g/mol. The van der Waals surface area contributed by atoms with Gasteiger partial charge in [0, 0.05) is 30.6 Å². The number of amides is 1. The predicted molar refractivity (Wildman–Crippen MR) is 64.6 cm³/mol. The van der Waals surface area contributed by atoms with E-state index in [4.69, 9.17) is 4.74 Å². The van der Waals surface area contributed by atoms with Crippen LogP contribution >= 0.6 is 0 Å². The maximum atomic E-state index is 11.9. The first-order chi connectivity index (χ1) is 8.29. The second-order valence-electron chi connectivity index (χ2n) is 4.24. The standard InChI is InChI=1S/C13H14N2O2/c1-17-9-3-2-8-6-11-12(10(8)7-9)14-4-5-15-13(11)16/h2-3,7,14H,4-6H2,1H3,(H,15,16). The molecule has 1 aromatic rings. The molecule has 1 heterocycles. The molecule has 88 valence electrons. The second kappa shape index (κ2) is 3.80. The summed E-state index contributed by atoms with van der Waals surface area (Å²) in [6, 6.07) is 5.95. The Morgan fingerprint density at radius 2 is 2.06 bits per heavy atom. The fourth-order valence-corrected chi connectivity index (χ4v) is 2.38. The van der Waals surface area contributed by atoms with Crippen molar-refractivity contribution in [2.75, 3.05) is 20.2 Å². The molecule has 0 radical (unpaired) electrons. The summed E-state index contributed by atoms with van der Waals surface area (Å²) in [6.45, 7) is 1.44. The normalized spacial score (nSPS) is 17.8. The molecule has 1 aliphatic heterocycles. The van der Waals surface area contributed by atoms with Crippen molar-refractivity contribution in [3.8, 4) is 5.75 Å². The molecule has 0 saturated heterocycles. The van der Waals surface area contributed by atoms with Crippen LogP contribution < -0.4 is 15.4 Å². The van der Waals surface area contributed by atoms with Crippen LogP contribution in [0, 0.1) is 0 Å². The van der Waals surface area contributed by atoms with E-state index in [0.29, 0.717) is 13.0 Å². The molecule has 2 aliphatic rings. The molecule has 1 amide bonds. The van der Waals surface area contributed by atoms with E-state index in [1.54, 1.807) is 7.11 Å². The average Bonchev–Trinajstić information content (AvgIpc) is 2.62. The highest BCUT2D eigenvalue weighted by molar-refractivity contribution is 6.04. The van der Waals surface area contributed by atoms with E-state index in [1.165, 1.54) is 5.56 Å². The Morgan fingerprint density at radius 1 is 1.24 bits per heavy atom. The summed E-state index contributed by atoms with van der Waals surface area (Å²) in [6.07, 6.45) is 0.702. The minimum Gasteiger partial charge on any atom is -0.497 e. The highest BCUT2D eigenvalue weighted by Crippen LogP contribution is 2.34. The summed E-state index contributed by atoms with van der Waals surface area (Å²) in [7, 11) is 1.65. The number of carbonyl (C=O) groups excluding carboxylic acids is 1. The van der Waals surface area contributed by atoms with E-state index in [0.717, 1.165) is 29.1 Å². The Morgan fingerprint density at radius 3 is 2.88 bits per heavy atom. The highest BCUT2D eigenvalue weighted by Gasteiger charge is 2.27. The number of hydrogen-bond acceptors (Lipinski definition) is 3. The van der Waals surface area contributed by atoms with E-state index < -0.39 is 0 Å². The largest absolute Gasteiger partial charge is 0.497 e. The van der Waals surface area contributed by atoms with Crippen LogP contribution in [0.3, 0.4) is 0 Å². The fourth-order valence-electron chi connectivity index (χ4n) is 2.38. The van der Waals surface area contributed by atoms with Gasteiger partial charge in [-0.25, -0.2) is 0 Å². The van der Waals surface area contributed by atoms with Crippen LogP contribution in [-0.2, 0) is 11.2 Å². The first kappa shape index (κ1) is 10.2. The van der Waals surface area contributed by atoms with Crippen molar-refractivity contribution in [1.29, 1.82) is 0 Å². The van der Waals surface area contributed by atoms with Crippen LogP contribution in [0.15, 0.2) is 23.8 Å². The summed E-state index contributed by atoms with van der Waals surface area (Å²) in [5, 5.41) is 6.21. The molecule has 1 aromatic carbocycles. The zero-order valence-corrected chi connectivity index (χ0v) is 9.67. The number of carbonyl (C=O) groups is 1. The molecule has 0 saturated carbocycles. The van der Waals surface area contributed by atoms with E-state index in [9.17, 15) is 4.79 Å². The monoisotopic (exact) mass is 230 g/mol. The van der Waals surface area contributed by atoms with Gasteiger partial charge in [-0.1, -0.05) is 6.07 Å². The molecule has 1 aliphatic carbocycles. The molecular formula is C13H14N2O2. The first-order valence-electron chi connectivity index (χ1n) is 5.72. The molecule has 0 aromatic heterocycles. The zero-order chi connectivity index (χ0) is 11.8. The smallest absolute Gasteiger partial charge is 0.249 e. The lowest BCUT2D eigenvalue weighted by Gasteiger charge is -2.09. The van der Waals surface area contributed by atoms with Gasteiger partial charge >= 0.3 is 0 Å². The Balaban J connectivity index is 2.09. The van der Waals surface area contributed by atoms with Gasteiger partial charge in [0.2, 0.25) is 5.91 Å². The molecule has 4 heteroatoms. The molecule has 0 spiro atoms. The minimum absolute atomic E-state index is 0.0418. The van der Waals surface area contributed by atoms with Crippen molar-refractivity contribution in [3.05, 3.63) is 34.9 Å². The van der Waals surface area contributed by atoms with Gasteiger partial charge in [-0.15, -0.1) is 0 Å². The molecule has 17 heavy (non-hydrogen) atoms. The third-order valence-corrected chi connectivity index (χ3v) is 3.24. The summed E-state index contributed by atoms with van der Waals surface area (Å²) in [4.78, 5) is 11.9. The van der Waals surface area contributed by atoms with Crippen molar-refractivity contribution >= 4 is 11.6 Å². The van der Waals surface area contributed by atoms with Crippen LogP contribution in [0.4, 0.5) is 0 Å². The van der Waals surface area contributed by atoms with Crippen LogP contribution in [0.1, 0.15) is 11.1 Å². The van der Waals surface area contributed by atoms with Gasteiger partial charge in [-0.2, -0.15) is 0 Å². The van der Waals surface area contributed by atoms with Crippen molar-refractivity contribution in [1.82, 2.24) is 10.6 Å². The van der Waals surface area contributed by atoms with Crippen LogP contribution in [0.5, 0.6) is 5.75 Å². The molecule has 4 nitrogen and oxygen atoms in total. The minimum atomic E-state index is 0.0418. The number of ether oxygens (including phenoxy) is 1. The fraction of sp³-hybridized carbons (Fsp3) is 0.308. The molecule has 0 bridgehead atoms. The predicted octanol–water partition coefficient (Wildman–Crippen LogP) is 0.682. The third kappa shape index (κ3) is 1.56. The quantitative estimate of drug-likeness (QED) is 0.746. The maximum Gasteiger partial charge on any atom is 0.249 e. The summed E-state index contributed by atoms with van der Waals surface area (Å²) >= 11 is 0. The van der Waals surface area contributed by atoms with E-state index in [1.807, 2.05) is 18.2 Å². The van der Waals surface area contributed by atoms with Crippen LogP contribution in [0.25, 0.3) is 5.70 Å². The summed E-state index contributed by atoms with van der Waals surface area (Å²) in [5.74, 6) is 0.865. The van der Waals surface area contributed by atoms with Gasteiger partial charge in [-0.05, 0) is 17.7 Å². The van der Waals surface area contributed by atoms with Crippen molar-refractivity contribution in [3.63, 3.8) is 0 Å². The van der Waals surface area contributed by atoms with Gasteiger partial charge < -0.3 is 15.4 Å². The number of methoxy groups -OCH3 is 1. The molecule has 3 rings (SSSR count). The molecular weight excluding hydrogens is 216 g/mol. The van der Waals surface area contributed by atoms with Crippen LogP contribution in [0.2, 0.25) is 0 Å². The highest BCUT2D eigenvalue weighted by atomic mass is 16.5. The summed E-state index contributed by atoms with van der Waals surface area (Å²) < 4.78 is 5.23. The van der Waals surface area contributed by atoms with Gasteiger partial charge in [0.1, 0.15) is 5.75 Å².